The first-order valence-corrected chi connectivity index (χ1v) is 7.22. The fourth-order valence-corrected chi connectivity index (χ4v) is 2.52. The Labute approximate surface area is 120 Å². The van der Waals surface area contributed by atoms with Crippen molar-refractivity contribution in [1.29, 1.82) is 0 Å². The van der Waals surface area contributed by atoms with E-state index in [1.54, 1.807) is 6.92 Å². The average molecular weight is 276 g/mol. The SMILES string of the molecule is CC(=O)NCC1=CCCN(Cc2nccn2C(C)C)C1. The van der Waals surface area contributed by atoms with E-state index in [2.05, 4.69) is 39.7 Å². The summed E-state index contributed by atoms with van der Waals surface area (Å²) in [5, 5.41) is 2.87. The van der Waals surface area contributed by atoms with E-state index in [4.69, 9.17) is 0 Å². The van der Waals surface area contributed by atoms with Crippen LogP contribution in [0.5, 0.6) is 0 Å². The highest BCUT2D eigenvalue weighted by atomic mass is 16.1. The van der Waals surface area contributed by atoms with Crippen molar-refractivity contribution in [2.24, 2.45) is 0 Å². The minimum atomic E-state index is 0.0263. The molecular formula is C15H24N4O. The first-order valence-electron chi connectivity index (χ1n) is 7.22. The van der Waals surface area contributed by atoms with Crippen LogP contribution in [0.4, 0.5) is 0 Å². The van der Waals surface area contributed by atoms with Crippen LogP contribution in [0.2, 0.25) is 0 Å². The lowest BCUT2D eigenvalue weighted by atomic mass is 10.1. The van der Waals surface area contributed by atoms with E-state index in [1.165, 1.54) is 5.57 Å². The number of carbonyl (C=O) groups is 1. The van der Waals surface area contributed by atoms with Crippen molar-refractivity contribution in [2.75, 3.05) is 19.6 Å². The molecule has 0 unspecified atom stereocenters. The molecule has 0 bridgehead atoms. The van der Waals surface area contributed by atoms with E-state index in [-0.39, 0.29) is 5.91 Å². The first-order chi connectivity index (χ1) is 9.56. The summed E-state index contributed by atoms with van der Waals surface area (Å²) in [7, 11) is 0. The average Bonchev–Trinajstić information content (AvgIpc) is 2.85. The third-order valence-corrected chi connectivity index (χ3v) is 3.54. The summed E-state index contributed by atoms with van der Waals surface area (Å²) in [5.74, 6) is 1.14. The number of hydrogen-bond acceptors (Lipinski definition) is 3. The smallest absolute Gasteiger partial charge is 0.217 e. The molecule has 1 aromatic heterocycles. The van der Waals surface area contributed by atoms with Gasteiger partial charge in [0.25, 0.3) is 0 Å². The Morgan fingerprint density at radius 1 is 1.50 bits per heavy atom. The quantitative estimate of drug-likeness (QED) is 0.833. The molecule has 0 fully saturated rings. The van der Waals surface area contributed by atoms with E-state index in [1.807, 2.05) is 12.4 Å². The monoisotopic (exact) mass is 276 g/mol. The highest BCUT2D eigenvalue weighted by Crippen LogP contribution is 2.14. The van der Waals surface area contributed by atoms with Gasteiger partial charge in [0.2, 0.25) is 5.91 Å². The van der Waals surface area contributed by atoms with Crippen molar-refractivity contribution in [1.82, 2.24) is 19.8 Å². The molecule has 0 radical (unpaired) electrons. The van der Waals surface area contributed by atoms with Crippen LogP contribution in [0, 0.1) is 0 Å². The number of amides is 1. The Bertz CT molecular complexity index is 490. The number of nitrogens with one attached hydrogen (secondary N) is 1. The zero-order valence-corrected chi connectivity index (χ0v) is 12.6. The fraction of sp³-hybridized carbons (Fsp3) is 0.600. The molecular weight excluding hydrogens is 252 g/mol. The molecule has 5 nitrogen and oxygen atoms in total. The van der Waals surface area contributed by atoms with Gasteiger partial charge in [0, 0.05) is 45.0 Å². The third-order valence-electron chi connectivity index (χ3n) is 3.54. The third kappa shape index (κ3) is 3.93. The standard InChI is InChI=1S/C15H24N4O/c1-12(2)19-8-6-16-15(19)11-18-7-4-5-14(10-18)9-17-13(3)20/h5-6,8,12H,4,7,9-11H2,1-3H3,(H,17,20). The number of rotatable bonds is 5. The summed E-state index contributed by atoms with van der Waals surface area (Å²) in [5.41, 5.74) is 1.29. The summed E-state index contributed by atoms with van der Waals surface area (Å²) in [6.45, 7) is 9.38. The van der Waals surface area contributed by atoms with Crippen molar-refractivity contribution in [3.63, 3.8) is 0 Å². The van der Waals surface area contributed by atoms with Crippen LogP contribution in [-0.2, 0) is 11.3 Å². The lowest BCUT2D eigenvalue weighted by Gasteiger charge is -2.27. The van der Waals surface area contributed by atoms with Gasteiger partial charge in [0.05, 0.1) is 6.54 Å². The minimum absolute atomic E-state index is 0.0263. The zero-order chi connectivity index (χ0) is 14.5. The van der Waals surface area contributed by atoms with Gasteiger partial charge in [-0.3, -0.25) is 9.69 Å². The van der Waals surface area contributed by atoms with Crippen LogP contribution < -0.4 is 5.32 Å². The maximum Gasteiger partial charge on any atom is 0.217 e. The normalized spacial score (nSPS) is 16.3. The summed E-state index contributed by atoms with van der Waals surface area (Å²) in [6.07, 6.45) is 7.18. The topological polar surface area (TPSA) is 50.2 Å². The Morgan fingerprint density at radius 3 is 3.00 bits per heavy atom. The minimum Gasteiger partial charge on any atom is -0.353 e. The number of aromatic nitrogens is 2. The first kappa shape index (κ1) is 14.8. The van der Waals surface area contributed by atoms with Gasteiger partial charge in [-0.1, -0.05) is 6.08 Å². The van der Waals surface area contributed by atoms with Crippen LogP contribution >= 0.6 is 0 Å². The van der Waals surface area contributed by atoms with Crippen LogP contribution in [0.15, 0.2) is 24.0 Å². The van der Waals surface area contributed by atoms with Gasteiger partial charge < -0.3 is 9.88 Å². The molecule has 1 N–H and O–H groups in total. The second-order valence-corrected chi connectivity index (χ2v) is 5.62. The molecule has 5 heteroatoms. The maximum atomic E-state index is 11.0. The molecule has 0 saturated carbocycles. The van der Waals surface area contributed by atoms with E-state index < -0.39 is 0 Å². The predicted octanol–water partition coefficient (Wildman–Crippen LogP) is 1.73. The molecule has 1 amide bonds. The van der Waals surface area contributed by atoms with Crippen molar-refractivity contribution >= 4 is 5.91 Å². The van der Waals surface area contributed by atoms with Gasteiger partial charge in [-0.05, 0) is 25.8 Å². The second-order valence-electron chi connectivity index (χ2n) is 5.62. The molecule has 110 valence electrons. The molecule has 0 spiro atoms. The Hall–Kier alpha value is -1.62. The summed E-state index contributed by atoms with van der Waals surface area (Å²) in [4.78, 5) is 17.8. The molecule has 0 aliphatic carbocycles. The predicted molar refractivity (Wildman–Crippen MR) is 79.3 cm³/mol. The lowest BCUT2D eigenvalue weighted by Crippen LogP contribution is -2.34. The number of hydrogen-bond donors (Lipinski definition) is 1. The Balaban J connectivity index is 1.92. The lowest BCUT2D eigenvalue weighted by molar-refractivity contribution is -0.118. The summed E-state index contributed by atoms with van der Waals surface area (Å²) < 4.78 is 2.21. The summed E-state index contributed by atoms with van der Waals surface area (Å²) in [6, 6.07) is 0.437. The molecule has 20 heavy (non-hydrogen) atoms. The van der Waals surface area contributed by atoms with E-state index >= 15 is 0 Å². The highest BCUT2D eigenvalue weighted by Gasteiger charge is 2.16. The van der Waals surface area contributed by atoms with Gasteiger partial charge in [0.15, 0.2) is 0 Å². The molecule has 0 saturated heterocycles. The number of carbonyl (C=O) groups excluding carboxylic acids is 1. The zero-order valence-electron chi connectivity index (χ0n) is 12.6. The van der Waals surface area contributed by atoms with Crippen molar-refractivity contribution in [3.8, 4) is 0 Å². The second kappa shape index (κ2) is 6.70. The van der Waals surface area contributed by atoms with Crippen LogP contribution in [0.1, 0.15) is 39.1 Å². The van der Waals surface area contributed by atoms with E-state index in [0.29, 0.717) is 12.6 Å². The molecule has 2 rings (SSSR count). The van der Waals surface area contributed by atoms with Crippen LogP contribution in [0.3, 0.4) is 0 Å². The van der Waals surface area contributed by atoms with Gasteiger partial charge in [0.1, 0.15) is 5.82 Å². The largest absolute Gasteiger partial charge is 0.353 e. The number of nitrogens with zero attached hydrogens (tertiary/aromatic N) is 3. The molecule has 1 aliphatic heterocycles. The number of imidazole rings is 1. The van der Waals surface area contributed by atoms with Crippen molar-refractivity contribution in [3.05, 3.63) is 29.9 Å². The van der Waals surface area contributed by atoms with Gasteiger partial charge in [-0.15, -0.1) is 0 Å². The molecule has 0 aromatic carbocycles. The van der Waals surface area contributed by atoms with Crippen molar-refractivity contribution in [2.45, 2.75) is 39.8 Å². The van der Waals surface area contributed by atoms with Crippen molar-refractivity contribution < 1.29 is 4.79 Å². The van der Waals surface area contributed by atoms with Gasteiger partial charge >= 0.3 is 0 Å². The van der Waals surface area contributed by atoms with Gasteiger partial charge in [-0.25, -0.2) is 4.98 Å². The molecule has 0 atom stereocenters. The Kier molecular flexibility index (Phi) is 4.95. The highest BCUT2D eigenvalue weighted by molar-refractivity contribution is 5.73. The molecule has 1 aromatic rings. The maximum absolute atomic E-state index is 11.0. The fourth-order valence-electron chi connectivity index (χ4n) is 2.52. The van der Waals surface area contributed by atoms with E-state index in [0.717, 1.165) is 31.9 Å². The Morgan fingerprint density at radius 2 is 2.30 bits per heavy atom. The summed E-state index contributed by atoms with van der Waals surface area (Å²) >= 11 is 0. The molecule has 1 aliphatic rings. The van der Waals surface area contributed by atoms with E-state index in [9.17, 15) is 4.79 Å². The van der Waals surface area contributed by atoms with Crippen LogP contribution in [0.25, 0.3) is 0 Å². The van der Waals surface area contributed by atoms with Crippen LogP contribution in [-0.4, -0.2) is 40.0 Å². The molecule has 2 heterocycles. The van der Waals surface area contributed by atoms with Gasteiger partial charge in [-0.2, -0.15) is 0 Å².